The van der Waals surface area contributed by atoms with Crippen molar-refractivity contribution in [3.63, 3.8) is 0 Å². The zero-order valence-electron chi connectivity index (χ0n) is 16.5. The van der Waals surface area contributed by atoms with Crippen molar-refractivity contribution in [2.75, 3.05) is 0 Å². The van der Waals surface area contributed by atoms with Gasteiger partial charge in [0.1, 0.15) is 0 Å². The van der Waals surface area contributed by atoms with Gasteiger partial charge in [0.25, 0.3) is 0 Å². The van der Waals surface area contributed by atoms with Crippen molar-refractivity contribution in [2.24, 2.45) is 0 Å². The van der Waals surface area contributed by atoms with Crippen LogP contribution in [0, 0.1) is 0 Å². The van der Waals surface area contributed by atoms with Crippen LogP contribution in [0.3, 0.4) is 0 Å². The summed E-state index contributed by atoms with van der Waals surface area (Å²) in [5.41, 5.74) is 4.42. The molecule has 2 bridgehead atoms. The third-order valence-electron chi connectivity index (χ3n) is 6.95. The highest BCUT2D eigenvalue weighted by molar-refractivity contribution is 7.89. The van der Waals surface area contributed by atoms with Gasteiger partial charge in [0.2, 0.25) is 10.0 Å². The molecular weight excluding hydrogens is 392 g/mol. The number of aromatic amines is 1. The molecule has 2 unspecified atom stereocenters. The van der Waals surface area contributed by atoms with Gasteiger partial charge in [-0.25, -0.2) is 13.4 Å². The van der Waals surface area contributed by atoms with Crippen LogP contribution < -0.4 is 0 Å². The van der Waals surface area contributed by atoms with Crippen molar-refractivity contribution >= 4 is 21.4 Å². The van der Waals surface area contributed by atoms with Crippen molar-refractivity contribution in [1.82, 2.24) is 19.5 Å². The van der Waals surface area contributed by atoms with Crippen molar-refractivity contribution in [2.45, 2.75) is 88.0 Å². The second-order valence-corrected chi connectivity index (χ2v) is 12.0. The topological polar surface area (TPSA) is 79.0 Å². The molecule has 4 heterocycles. The van der Waals surface area contributed by atoms with Crippen LogP contribution in [0.1, 0.15) is 99.1 Å². The lowest BCUT2D eigenvalue weighted by Crippen LogP contribution is -2.49. The third-order valence-corrected chi connectivity index (χ3v) is 10.2. The molecule has 1 N–H and O–H groups in total. The number of sulfonamides is 1. The number of fused-ring (bicyclic) bond motifs is 7. The fourth-order valence-electron chi connectivity index (χ4n) is 5.50. The van der Waals surface area contributed by atoms with E-state index in [1.165, 1.54) is 12.8 Å². The summed E-state index contributed by atoms with van der Waals surface area (Å²) in [5.74, 6) is 0. The van der Waals surface area contributed by atoms with Crippen LogP contribution in [0.2, 0.25) is 0 Å². The van der Waals surface area contributed by atoms with E-state index in [0.717, 1.165) is 60.4 Å². The first-order valence-electron chi connectivity index (χ1n) is 10.4. The minimum Gasteiger partial charge on any atom is -0.282 e. The quantitative estimate of drug-likeness (QED) is 0.779. The van der Waals surface area contributed by atoms with Crippen LogP contribution in [0.5, 0.6) is 0 Å². The summed E-state index contributed by atoms with van der Waals surface area (Å²) < 4.78 is 29.9. The minimum absolute atomic E-state index is 0.203. The fourth-order valence-corrected chi connectivity index (χ4v) is 9.12. The Hall–Kier alpha value is -1.25. The number of hydrogen-bond donors (Lipinski definition) is 1. The number of H-pyrrole nitrogens is 1. The molecule has 3 aliphatic rings. The van der Waals surface area contributed by atoms with Crippen LogP contribution in [-0.2, 0) is 15.4 Å². The average Bonchev–Trinajstić information content (AvgIpc) is 3.35. The van der Waals surface area contributed by atoms with Crippen molar-refractivity contribution in [3.8, 4) is 0 Å². The fraction of sp³-hybridized carbons (Fsp3) is 0.700. The standard InChI is InChI=1S/C20H28N4O2S2/c1-20(2)18-14(11-22-23-18)16-15-17(27-12-21-15)19(20)24(16)28(25,26)13-9-7-5-3-4-6-8-10-13/h11-13,16,19H,3-10H2,1-2H3,(H,22,23). The van der Waals surface area contributed by atoms with E-state index in [2.05, 4.69) is 29.0 Å². The number of hydrogen-bond acceptors (Lipinski definition) is 5. The molecule has 5 rings (SSSR count). The molecule has 0 saturated heterocycles. The normalized spacial score (nSPS) is 28.2. The van der Waals surface area contributed by atoms with Crippen LogP contribution >= 0.6 is 11.3 Å². The number of nitrogens with one attached hydrogen (secondary N) is 1. The molecule has 0 aromatic carbocycles. The molecule has 2 aromatic rings. The molecule has 0 amide bonds. The molecule has 2 atom stereocenters. The summed E-state index contributed by atoms with van der Waals surface area (Å²) in [6.45, 7) is 4.26. The Bertz CT molecular complexity index is 968. The first kappa shape index (κ1) is 18.8. The first-order valence-corrected chi connectivity index (χ1v) is 12.8. The van der Waals surface area contributed by atoms with Crippen LogP contribution in [0.4, 0.5) is 0 Å². The van der Waals surface area contributed by atoms with E-state index in [4.69, 9.17) is 0 Å². The SMILES string of the molecule is CC1(C)c2[nH]ncc2C2c3ncsc3C1N2S(=O)(=O)C1CCCCCCCC1. The average molecular weight is 421 g/mol. The van der Waals surface area contributed by atoms with Crippen LogP contribution in [-0.4, -0.2) is 33.2 Å². The number of rotatable bonds is 2. The van der Waals surface area contributed by atoms with Gasteiger partial charge >= 0.3 is 0 Å². The van der Waals surface area contributed by atoms with Gasteiger partial charge in [-0.05, 0) is 12.8 Å². The Morgan fingerprint density at radius 2 is 1.82 bits per heavy atom. The molecular formula is C20H28N4O2S2. The molecule has 2 aliphatic heterocycles. The summed E-state index contributed by atoms with van der Waals surface area (Å²) in [7, 11) is -3.45. The van der Waals surface area contributed by atoms with E-state index in [-0.39, 0.29) is 22.7 Å². The van der Waals surface area contributed by atoms with Crippen molar-refractivity contribution in [1.29, 1.82) is 0 Å². The van der Waals surface area contributed by atoms with Gasteiger partial charge in [-0.3, -0.25) is 5.10 Å². The highest BCUT2D eigenvalue weighted by Crippen LogP contribution is 2.61. The molecule has 152 valence electrons. The third kappa shape index (κ3) is 2.57. The second-order valence-electron chi connectivity index (χ2n) is 9.02. The molecule has 2 aromatic heterocycles. The predicted octanol–water partition coefficient (Wildman–Crippen LogP) is 4.44. The molecule has 1 fully saturated rings. The molecule has 8 heteroatoms. The number of thiazole rings is 1. The van der Waals surface area contributed by atoms with Crippen LogP contribution in [0.25, 0.3) is 0 Å². The lowest BCUT2D eigenvalue weighted by Gasteiger charge is -2.44. The van der Waals surface area contributed by atoms with Gasteiger partial charge in [0.05, 0.1) is 34.7 Å². The summed E-state index contributed by atoms with van der Waals surface area (Å²) >= 11 is 1.59. The van der Waals surface area contributed by atoms with Crippen LogP contribution in [0.15, 0.2) is 11.7 Å². The Morgan fingerprint density at radius 1 is 1.14 bits per heavy atom. The minimum atomic E-state index is -3.45. The molecule has 1 saturated carbocycles. The van der Waals surface area contributed by atoms with E-state index < -0.39 is 10.0 Å². The molecule has 1 aliphatic carbocycles. The Kier molecular flexibility index (Phi) is 4.45. The summed E-state index contributed by atoms with van der Waals surface area (Å²) in [5, 5.41) is 7.15. The largest absolute Gasteiger partial charge is 0.282 e. The van der Waals surface area contributed by atoms with E-state index in [9.17, 15) is 8.42 Å². The van der Waals surface area contributed by atoms with Crippen molar-refractivity contribution < 1.29 is 8.42 Å². The molecule has 6 nitrogen and oxygen atoms in total. The Balaban J connectivity index is 1.61. The smallest absolute Gasteiger partial charge is 0.218 e. The van der Waals surface area contributed by atoms with Crippen molar-refractivity contribution in [3.05, 3.63) is 33.5 Å². The highest BCUT2D eigenvalue weighted by atomic mass is 32.2. The Labute approximate surface area is 170 Å². The number of aromatic nitrogens is 3. The number of nitrogens with zero attached hydrogens (tertiary/aromatic N) is 3. The van der Waals surface area contributed by atoms with Gasteiger partial charge in [0.15, 0.2) is 0 Å². The maximum absolute atomic E-state index is 14.0. The molecule has 28 heavy (non-hydrogen) atoms. The maximum atomic E-state index is 14.0. The lowest BCUT2D eigenvalue weighted by molar-refractivity contribution is 0.195. The predicted molar refractivity (Wildman–Crippen MR) is 110 cm³/mol. The van der Waals surface area contributed by atoms with E-state index in [1.807, 2.05) is 9.82 Å². The summed E-state index contributed by atoms with van der Waals surface area (Å²) in [6.07, 6.45) is 10.1. The van der Waals surface area contributed by atoms with E-state index in [0.29, 0.717) is 0 Å². The summed E-state index contributed by atoms with van der Waals surface area (Å²) in [4.78, 5) is 5.71. The molecule has 0 radical (unpaired) electrons. The monoisotopic (exact) mass is 420 g/mol. The second kappa shape index (κ2) is 6.64. The zero-order valence-corrected chi connectivity index (χ0v) is 18.2. The maximum Gasteiger partial charge on any atom is 0.218 e. The van der Waals surface area contributed by atoms with Gasteiger partial charge in [-0.1, -0.05) is 52.4 Å². The van der Waals surface area contributed by atoms with Gasteiger partial charge < -0.3 is 0 Å². The lowest BCUT2D eigenvalue weighted by atomic mass is 9.78. The Morgan fingerprint density at radius 3 is 2.54 bits per heavy atom. The highest BCUT2D eigenvalue weighted by Gasteiger charge is 2.60. The molecule has 0 spiro atoms. The zero-order chi connectivity index (χ0) is 19.5. The van der Waals surface area contributed by atoms with E-state index >= 15 is 0 Å². The first-order chi connectivity index (χ1) is 13.4. The van der Waals surface area contributed by atoms with E-state index in [1.54, 1.807) is 17.5 Å². The van der Waals surface area contributed by atoms with Gasteiger partial charge in [-0.15, -0.1) is 11.3 Å². The van der Waals surface area contributed by atoms with Gasteiger partial charge in [0, 0.05) is 21.5 Å². The van der Waals surface area contributed by atoms with Gasteiger partial charge in [-0.2, -0.15) is 9.40 Å². The summed E-state index contributed by atoms with van der Waals surface area (Å²) in [6, 6.07) is -0.531.